The van der Waals surface area contributed by atoms with Crippen LogP contribution in [0.1, 0.15) is 21.5 Å². The molecular formula is C9H4F3N3O3. The normalized spacial score (nSPS) is 10.8. The van der Waals surface area contributed by atoms with Gasteiger partial charge < -0.3 is 5.73 Å². The number of rotatable bonds is 2. The molecule has 0 aliphatic heterocycles. The van der Waals surface area contributed by atoms with Gasteiger partial charge in [0.05, 0.1) is 21.6 Å². The molecule has 0 atom stereocenters. The molecule has 1 aromatic rings. The number of primary amides is 1. The van der Waals surface area contributed by atoms with Crippen molar-refractivity contribution in [1.82, 2.24) is 0 Å². The molecule has 0 saturated heterocycles. The van der Waals surface area contributed by atoms with Crippen LogP contribution in [-0.2, 0) is 6.18 Å². The molecule has 0 unspecified atom stereocenters. The highest BCUT2D eigenvalue weighted by Crippen LogP contribution is 2.35. The highest BCUT2D eigenvalue weighted by Gasteiger charge is 2.38. The van der Waals surface area contributed by atoms with Gasteiger partial charge >= 0.3 is 6.18 Å². The molecule has 0 aliphatic carbocycles. The van der Waals surface area contributed by atoms with Gasteiger partial charge in [0.1, 0.15) is 6.07 Å². The number of benzene rings is 1. The molecule has 0 heterocycles. The molecule has 94 valence electrons. The Labute approximate surface area is 97.6 Å². The van der Waals surface area contributed by atoms with Crippen LogP contribution < -0.4 is 5.73 Å². The van der Waals surface area contributed by atoms with Crippen LogP contribution in [0.15, 0.2) is 12.1 Å². The largest absolute Gasteiger partial charge is 0.417 e. The summed E-state index contributed by atoms with van der Waals surface area (Å²) in [6.07, 6.45) is -5.03. The summed E-state index contributed by atoms with van der Waals surface area (Å²) in [7, 11) is 0. The van der Waals surface area contributed by atoms with E-state index in [-0.39, 0.29) is 6.07 Å². The summed E-state index contributed by atoms with van der Waals surface area (Å²) in [5, 5.41) is 19.1. The van der Waals surface area contributed by atoms with Crippen molar-refractivity contribution >= 4 is 11.6 Å². The highest BCUT2D eigenvalue weighted by atomic mass is 19.4. The lowest BCUT2D eigenvalue weighted by Crippen LogP contribution is -2.21. The molecule has 1 aromatic carbocycles. The Bertz CT molecular complexity index is 575. The zero-order valence-electron chi connectivity index (χ0n) is 8.49. The van der Waals surface area contributed by atoms with E-state index in [1.165, 1.54) is 6.07 Å². The zero-order valence-corrected chi connectivity index (χ0v) is 8.49. The minimum absolute atomic E-state index is 0.168. The summed E-state index contributed by atoms with van der Waals surface area (Å²) in [6.45, 7) is 0. The average molecular weight is 259 g/mol. The van der Waals surface area contributed by atoms with Gasteiger partial charge in [-0.25, -0.2) is 0 Å². The maximum atomic E-state index is 12.6. The third-order valence-electron chi connectivity index (χ3n) is 2.01. The first-order chi connectivity index (χ1) is 8.18. The van der Waals surface area contributed by atoms with Gasteiger partial charge in [-0.05, 0) is 0 Å². The molecule has 9 heteroatoms. The standard InChI is InChI=1S/C9H4F3N3O3/c10-9(11,12)6-2-5(15(17)18)1-4(3-13)7(6)8(14)16/h1-2H,(H2,14,16). The lowest BCUT2D eigenvalue weighted by molar-refractivity contribution is -0.385. The monoisotopic (exact) mass is 259 g/mol. The number of hydrogen-bond donors (Lipinski definition) is 1. The van der Waals surface area contributed by atoms with Crippen molar-refractivity contribution in [2.45, 2.75) is 6.18 Å². The van der Waals surface area contributed by atoms with Crippen molar-refractivity contribution in [2.24, 2.45) is 5.73 Å². The first-order valence-corrected chi connectivity index (χ1v) is 4.28. The van der Waals surface area contributed by atoms with Crippen molar-refractivity contribution in [2.75, 3.05) is 0 Å². The van der Waals surface area contributed by atoms with Gasteiger partial charge in [-0.15, -0.1) is 0 Å². The minimum atomic E-state index is -5.03. The summed E-state index contributed by atoms with van der Waals surface area (Å²) < 4.78 is 37.9. The number of nitro groups is 1. The quantitative estimate of drug-likeness (QED) is 0.642. The molecule has 0 aromatic heterocycles. The van der Waals surface area contributed by atoms with E-state index in [0.717, 1.165) is 0 Å². The van der Waals surface area contributed by atoms with Crippen molar-refractivity contribution < 1.29 is 22.9 Å². The SMILES string of the molecule is N#Cc1cc([N+](=O)[O-])cc(C(F)(F)F)c1C(N)=O. The molecule has 0 saturated carbocycles. The number of carbonyl (C=O) groups excluding carboxylic acids is 1. The maximum Gasteiger partial charge on any atom is 0.417 e. The fourth-order valence-electron chi connectivity index (χ4n) is 1.31. The Morgan fingerprint density at radius 1 is 1.44 bits per heavy atom. The summed E-state index contributed by atoms with van der Waals surface area (Å²) in [5.74, 6) is -1.48. The van der Waals surface area contributed by atoms with Crippen molar-refractivity contribution in [3.05, 3.63) is 38.9 Å². The van der Waals surface area contributed by atoms with Crippen molar-refractivity contribution in [3.63, 3.8) is 0 Å². The fraction of sp³-hybridized carbons (Fsp3) is 0.111. The molecule has 18 heavy (non-hydrogen) atoms. The number of hydrogen-bond acceptors (Lipinski definition) is 4. The number of non-ortho nitro benzene ring substituents is 1. The van der Waals surface area contributed by atoms with Crippen LogP contribution in [0.3, 0.4) is 0 Å². The van der Waals surface area contributed by atoms with Crippen LogP contribution in [0.4, 0.5) is 18.9 Å². The molecule has 0 fully saturated rings. The van der Waals surface area contributed by atoms with Gasteiger partial charge in [-0.1, -0.05) is 0 Å². The molecule has 0 aliphatic rings. The number of carbonyl (C=O) groups is 1. The Hall–Kier alpha value is -2.63. The Morgan fingerprint density at radius 3 is 2.33 bits per heavy atom. The number of nitrogens with zero attached hydrogens (tertiary/aromatic N) is 2. The third kappa shape index (κ3) is 2.37. The van der Waals surface area contributed by atoms with Gasteiger partial charge in [0.2, 0.25) is 0 Å². The smallest absolute Gasteiger partial charge is 0.366 e. The zero-order chi connectivity index (χ0) is 14.1. The first kappa shape index (κ1) is 13.4. The van der Waals surface area contributed by atoms with Crippen LogP contribution in [0.25, 0.3) is 0 Å². The van der Waals surface area contributed by atoms with Crippen LogP contribution in [-0.4, -0.2) is 10.8 Å². The van der Waals surface area contributed by atoms with E-state index in [1.54, 1.807) is 0 Å². The van der Waals surface area contributed by atoms with Crippen LogP contribution in [0, 0.1) is 21.4 Å². The van der Waals surface area contributed by atoms with E-state index in [1.807, 2.05) is 0 Å². The van der Waals surface area contributed by atoms with Crippen molar-refractivity contribution in [1.29, 1.82) is 5.26 Å². The van der Waals surface area contributed by atoms with Gasteiger partial charge in [-0.3, -0.25) is 14.9 Å². The van der Waals surface area contributed by atoms with E-state index in [4.69, 9.17) is 11.0 Å². The molecule has 0 spiro atoms. The lowest BCUT2D eigenvalue weighted by atomic mass is 9.99. The maximum absolute atomic E-state index is 12.6. The minimum Gasteiger partial charge on any atom is -0.366 e. The summed E-state index contributed by atoms with van der Waals surface area (Å²) >= 11 is 0. The molecular weight excluding hydrogens is 255 g/mol. The number of halogens is 3. The molecule has 6 nitrogen and oxygen atoms in total. The second kappa shape index (κ2) is 4.33. The highest BCUT2D eigenvalue weighted by molar-refractivity contribution is 5.97. The average Bonchev–Trinajstić information content (AvgIpc) is 2.25. The van der Waals surface area contributed by atoms with E-state index in [9.17, 15) is 28.1 Å². The molecule has 0 radical (unpaired) electrons. The summed E-state index contributed by atoms with van der Waals surface area (Å²) in [6, 6.07) is 2.01. The number of alkyl halides is 3. The Balaban J connectivity index is 3.75. The number of amides is 1. The topological polar surface area (TPSA) is 110 Å². The number of nitrogens with two attached hydrogens (primary N) is 1. The van der Waals surface area contributed by atoms with Crippen LogP contribution in [0.5, 0.6) is 0 Å². The van der Waals surface area contributed by atoms with E-state index in [0.29, 0.717) is 6.07 Å². The first-order valence-electron chi connectivity index (χ1n) is 4.28. The Morgan fingerprint density at radius 2 is 2.00 bits per heavy atom. The Kier molecular flexibility index (Phi) is 3.23. The van der Waals surface area contributed by atoms with Gasteiger partial charge in [0.15, 0.2) is 0 Å². The summed E-state index contributed by atoms with van der Waals surface area (Å²) in [5.41, 5.74) is 0.355. The van der Waals surface area contributed by atoms with Gasteiger partial charge in [0, 0.05) is 12.1 Å². The van der Waals surface area contributed by atoms with E-state index >= 15 is 0 Å². The van der Waals surface area contributed by atoms with Crippen LogP contribution >= 0.6 is 0 Å². The van der Waals surface area contributed by atoms with Crippen molar-refractivity contribution in [3.8, 4) is 6.07 Å². The van der Waals surface area contributed by atoms with E-state index < -0.39 is 39.4 Å². The predicted octanol–water partition coefficient (Wildman–Crippen LogP) is 1.58. The predicted molar refractivity (Wildman–Crippen MR) is 51.3 cm³/mol. The molecule has 1 amide bonds. The summed E-state index contributed by atoms with van der Waals surface area (Å²) in [4.78, 5) is 20.3. The number of nitro benzene ring substituents is 1. The van der Waals surface area contributed by atoms with Gasteiger partial charge in [-0.2, -0.15) is 18.4 Å². The molecule has 0 bridgehead atoms. The van der Waals surface area contributed by atoms with E-state index in [2.05, 4.69) is 0 Å². The van der Waals surface area contributed by atoms with Gasteiger partial charge in [0.25, 0.3) is 11.6 Å². The molecule has 1 rings (SSSR count). The second-order valence-corrected chi connectivity index (χ2v) is 3.15. The fourth-order valence-corrected chi connectivity index (χ4v) is 1.31. The number of nitriles is 1. The molecule has 2 N–H and O–H groups in total. The third-order valence-corrected chi connectivity index (χ3v) is 2.01. The second-order valence-electron chi connectivity index (χ2n) is 3.15. The van der Waals surface area contributed by atoms with Crippen LogP contribution in [0.2, 0.25) is 0 Å². The lowest BCUT2D eigenvalue weighted by Gasteiger charge is -2.11.